The number of fused-ring (bicyclic) bond motifs is 1. The van der Waals surface area contributed by atoms with Crippen LogP contribution in [0.2, 0.25) is 0 Å². The van der Waals surface area contributed by atoms with Gasteiger partial charge in [0.25, 0.3) is 0 Å². The molecule has 1 aromatic carbocycles. The van der Waals surface area contributed by atoms with E-state index in [4.69, 9.17) is 9.15 Å². The minimum Gasteiger partial charge on any atom is -0.469 e. The Morgan fingerprint density at radius 1 is 1.11 bits per heavy atom. The molecule has 2 aliphatic rings. The number of aryl methyl sites for hydroxylation is 1. The van der Waals surface area contributed by atoms with Gasteiger partial charge in [-0.25, -0.2) is 4.79 Å². The minimum absolute atomic E-state index is 0.0448. The third-order valence-electron chi connectivity index (χ3n) is 5.34. The molecule has 0 radical (unpaired) electrons. The standard InChI is InChI=1S/C21H27N3O3/c25-21(23-19-2-1-3-20-18(19)8-11-27-20)22-14-16-4-6-17(7-5-16)15-24-9-12-26-13-10-24/h4-8,11,19H,1-3,9-10,12-15H2,(H2,22,23,25). The van der Waals surface area contributed by atoms with Gasteiger partial charge in [0.15, 0.2) is 0 Å². The summed E-state index contributed by atoms with van der Waals surface area (Å²) in [5.74, 6) is 1.00. The molecule has 2 amide bonds. The molecule has 1 fully saturated rings. The lowest BCUT2D eigenvalue weighted by Gasteiger charge is -2.26. The number of carbonyl (C=O) groups excluding carboxylic acids is 1. The fourth-order valence-corrected chi connectivity index (χ4v) is 3.81. The lowest BCUT2D eigenvalue weighted by Crippen LogP contribution is -2.38. The molecule has 2 N–H and O–H groups in total. The van der Waals surface area contributed by atoms with Crippen molar-refractivity contribution in [1.29, 1.82) is 0 Å². The lowest BCUT2D eigenvalue weighted by atomic mass is 9.93. The second kappa shape index (κ2) is 8.59. The Morgan fingerprint density at radius 2 is 1.89 bits per heavy atom. The Morgan fingerprint density at radius 3 is 2.70 bits per heavy atom. The van der Waals surface area contributed by atoms with E-state index < -0.39 is 0 Å². The van der Waals surface area contributed by atoms with Crippen LogP contribution in [0.1, 0.15) is 41.3 Å². The van der Waals surface area contributed by atoms with E-state index in [1.54, 1.807) is 6.26 Å². The molecule has 4 rings (SSSR count). The molecule has 0 saturated carbocycles. The van der Waals surface area contributed by atoms with E-state index in [2.05, 4.69) is 39.8 Å². The third-order valence-corrected chi connectivity index (χ3v) is 5.34. The van der Waals surface area contributed by atoms with Crippen molar-refractivity contribution < 1.29 is 13.9 Å². The van der Waals surface area contributed by atoms with E-state index in [-0.39, 0.29) is 12.1 Å². The van der Waals surface area contributed by atoms with Crippen LogP contribution in [0.25, 0.3) is 0 Å². The normalized spacial score (nSPS) is 20.1. The van der Waals surface area contributed by atoms with Gasteiger partial charge in [-0.2, -0.15) is 0 Å². The summed E-state index contributed by atoms with van der Waals surface area (Å²) in [6, 6.07) is 10.3. The number of urea groups is 1. The maximum atomic E-state index is 12.3. The molecule has 2 heterocycles. The summed E-state index contributed by atoms with van der Waals surface area (Å²) in [5.41, 5.74) is 3.51. The first-order valence-corrected chi connectivity index (χ1v) is 9.76. The molecule has 1 saturated heterocycles. The van der Waals surface area contributed by atoms with E-state index >= 15 is 0 Å². The second-order valence-corrected chi connectivity index (χ2v) is 7.28. The number of nitrogens with one attached hydrogen (secondary N) is 2. The van der Waals surface area contributed by atoms with Crippen LogP contribution < -0.4 is 10.6 Å². The fraction of sp³-hybridized carbons (Fsp3) is 0.476. The van der Waals surface area contributed by atoms with Crippen LogP contribution >= 0.6 is 0 Å². The van der Waals surface area contributed by atoms with Gasteiger partial charge in [-0.3, -0.25) is 4.90 Å². The molecule has 1 aromatic heterocycles. The van der Waals surface area contributed by atoms with Crippen molar-refractivity contribution in [3.05, 3.63) is 59.0 Å². The molecular weight excluding hydrogens is 342 g/mol. The van der Waals surface area contributed by atoms with Gasteiger partial charge in [0.2, 0.25) is 0 Å². The van der Waals surface area contributed by atoms with Gasteiger partial charge >= 0.3 is 6.03 Å². The number of amides is 2. The van der Waals surface area contributed by atoms with E-state index in [0.717, 1.165) is 69.0 Å². The first kappa shape index (κ1) is 18.1. The van der Waals surface area contributed by atoms with Crippen molar-refractivity contribution >= 4 is 6.03 Å². The summed E-state index contributed by atoms with van der Waals surface area (Å²) in [6.07, 6.45) is 4.66. The summed E-state index contributed by atoms with van der Waals surface area (Å²) in [4.78, 5) is 14.7. The van der Waals surface area contributed by atoms with Crippen molar-refractivity contribution in [2.24, 2.45) is 0 Å². The molecule has 0 bridgehead atoms. The SMILES string of the molecule is O=C(NCc1ccc(CN2CCOCC2)cc1)NC1CCCc2occc21. The molecule has 144 valence electrons. The van der Waals surface area contributed by atoms with Gasteiger partial charge in [0, 0.05) is 38.2 Å². The summed E-state index contributed by atoms with van der Waals surface area (Å²) in [7, 11) is 0. The molecule has 6 heteroatoms. The largest absolute Gasteiger partial charge is 0.469 e. The zero-order chi connectivity index (χ0) is 18.5. The lowest BCUT2D eigenvalue weighted by molar-refractivity contribution is 0.0342. The van der Waals surface area contributed by atoms with Crippen molar-refractivity contribution in [2.75, 3.05) is 26.3 Å². The summed E-state index contributed by atoms with van der Waals surface area (Å²) >= 11 is 0. The number of rotatable bonds is 5. The Bertz CT molecular complexity index is 750. The van der Waals surface area contributed by atoms with Crippen molar-refractivity contribution in [2.45, 2.75) is 38.4 Å². The van der Waals surface area contributed by atoms with Crippen LogP contribution in [-0.2, 0) is 24.2 Å². The molecule has 1 atom stereocenters. The molecule has 0 spiro atoms. The molecule has 27 heavy (non-hydrogen) atoms. The molecule has 1 unspecified atom stereocenters. The van der Waals surface area contributed by atoms with Crippen LogP contribution in [0.15, 0.2) is 41.0 Å². The first-order valence-electron chi connectivity index (χ1n) is 9.76. The Labute approximate surface area is 159 Å². The monoisotopic (exact) mass is 369 g/mol. The average Bonchev–Trinajstić information content (AvgIpc) is 3.18. The summed E-state index contributed by atoms with van der Waals surface area (Å²) < 4.78 is 10.9. The average molecular weight is 369 g/mol. The van der Waals surface area contributed by atoms with Crippen LogP contribution in [0.5, 0.6) is 0 Å². The van der Waals surface area contributed by atoms with Crippen LogP contribution in [0.3, 0.4) is 0 Å². The topological polar surface area (TPSA) is 66.7 Å². The number of hydrogen-bond acceptors (Lipinski definition) is 4. The van der Waals surface area contributed by atoms with Gasteiger partial charge in [0.05, 0.1) is 25.5 Å². The van der Waals surface area contributed by atoms with Crippen molar-refractivity contribution in [3.8, 4) is 0 Å². The van der Waals surface area contributed by atoms with Crippen LogP contribution in [0, 0.1) is 0 Å². The van der Waals surface area contributed by atoms with E-state index in [9.17, 15) is 4.79 Å². The number of furan rings is 1. The molecule has 1 aliphatic heterocycles. The van der Waals surface area contributed by atoms with Gasteiger partial charge < -0.3 is 19.8 Å². The van der Waals surface area contributed by atoms with E-state index in [1.165, 1.54) is 5.56 Å². The van der Waals surface area contributed by atoms with Crippen LogP contribution in [0.4, 0.5) is 4.79 Å². The highest BCUT2D eigenvalue weighted by molar-refractivity contribution is 5.74. The number of morpholine rings is 1. The van der Waals surface area contributed by atoms with Gasteiger partial charge in [-0.15, -0.1) is 0 Å². The number of ether oxygens (including phenoxy) is 1. The van der Waals surface area contributed by atoms with Crippen LogP contribution in [-0.4, -0.2) is 37.2 Å². The van der Waals surface area contributed by atoms with Crippen molar-refractivity contribution in [1.82, 2.24) is 15.5 Å². The number of nitrogens with zero attached hydrogens (tertiary/aromatic N) is 1. The molecular formula is C21H27N3O3. The minimum atomic E-state index is -0.133. The summed E-state index contributed by atoms with van der Waals surface area (Å²) in [6.45, 7) is 5.09. The Hall–Kier alpha value is -2.31. The number of carbonyl (C=O) groups is 1. The zero-order valence-electron chi connectivity index (χ0n) is 15.6. The van der Waals surface area contributed by atoms with Crippen molar-refractivity contribution in [3.63, 3.8) is 0 Å². The summed E-state index contributed by atoms with van der Waals surface area (Å²) in [5, 5.41) is 6.03. The second-order valence-electron chi connectivity index (χ2n) is 7.28. The highest BCUT2D eigenvalue weighted by atomic mass is 16.5. The molecule has 1 aliphatic carbocycles. The van der Waals surface area contributed by atoms with E-state index in [0.29, 0.717) is 6.54 Å². The first-order chi connectivity index (χ1) is 13.3. The fourth-order valence-electron chi connectivity index (χ4n) is 3.81. The smallest absolute Gasteiger partial charge is 0.315 e. The Balaban J connectivity index is 1.24. The highest BCUT2D eigenvalue weighted by Crippen LogP contribution is 2.30. The zero-order valence-corrected chi connectivity index (χ0v) is 15.6. The molecule has 2 aromatic rings. The number of hydrogen-bond donors (Lipinski definition) is 2. The van der Waals surface area contributed by atoms with Gasteiger partial charge in [-0.05, 0) is 30.0 Å². The predicted molar refractivity (Wildman–Crippen MR) is 102 cm³/mol. The quantitative estimate of drug-likeness (QED) is 0.850. The Kier molecular flexibility index (Phi) is 5.75. The maximum absolute atomic E-state index is 12.3. The van der Waals surface area contributed by atoms with Gasteiger partial charge in [-0.1, -0.05) is 24.3 Å². The number of benzene rings is 1. The molecule has 6 nitrogen and oxygen atoms in total. The van der Waals surface area contributed by atoms with E-state index in [1.807, 2.05) is 6.07 Å². The van der Waals surface area contributed by atoms with Gasteiger partial charge in [0.1, 0.15) is 5.76 Å². The maximum Gasteiger partial charge on any atom is 0.315 e. The highest BCUT2D eigenvalue weighted by Gasteiger charge is 2.23. The predicted octanol–water partition coefficient (Wildman–Crippen LogP) is 2.99. The third kappa shape index (κ3) is 4.70.